The number of hydrogen-bond donors (Lipinski definition) is 0. The van der Waals surface area contributed by atoms with Gasteiger partial charge in [0, 0.05) is 37.9 Å². The standard InChI is InChI=1S/C15H21N3O3/c1-15(2,3)21-14(20)18-8-6-17(7-9-18)13-10-16-5-4-12(13)11-19/h4-5,10-11H,6-9H2,1-3H3. The predicted octanol–water partition coefficient (Wildman–Crippen LogP) is 1.95. The first-order valence-corrected chi connectivity index (χ1v) is 7.03. The Morgan fingerprint density at radius 1 is 1.29 bits per heavy atom. The normalized spacial score (nSPS) is 15.8. The average Bonchev–Trinajstić information content (AvgIpc) is 2.45. The van der Waals surface area contributed by atoms with E-state index in [4.69, 9.17) is 4.74 Å². The van der Waals surface area contributed by atoms with Crippen molar-refractivity contribution >= 4 is 18.1 Å². The van der Waals surface area contributed by atoms with E-state index in [1.54, 1.807) is 23.4 Å². The van der Waals surface area contributed by atoms with Gasteiger partial charge in [-0.15, -0.1) is 0 Å². The molecule has 0 atom stereocenters. The zero-order valence-corrected chi connectivity index (χ0v) is 12.7. The number of anilines is 1. The molecule has 1 aromatic heterocycles. The first kappa shape index (κ1) is 15.3. The van der Waals surface area contributed by atoms with Crippen LogP contribution in [0.3, 0.4) is 0 Å². The van der Waals surface area contributed by atoms with Crippen molar-refractivity contribution in [1.82, 2.24) is 9.88 Å². The summed E-state index contributed by atoms with van der Waals surface area (Å²) in [5, 5.41) is 0. The van der Waals surface area contributed by atoms with Crippen LogP contribution < -0.4 is 4.90 Å². The van der Waals surface area contributed by atoms with E-state index in [1.165, 1.54) is 0 Å². The third-order valence-corrected chi connectivity index (χ3v) is 3.23. The van der Waals surface area contributed by atoms with Crippen LogP contribution in [0.2, 0.25) is 0 Å². The van der Waals surface area contributed by atoms with E-state index in [9.17, 15) is 9.59 Å². The lowest BCUT2D eigenvalue weighted by atomic mass is 10.2. The van der Waals surface area contributed by atoms with Gasteiger partial charge < -0.3 is 14.5 Å². The second-order valence-corrected chi connectivity index (χ2v) is 6.01. The molecule has 0 N–H and O–H groups in total. The van der Waals surface area contributed by atoms with Crippen LogP contribution in [-0.4, -0.2) is 54.0 Å². The summed E-state index contributed by atoms with van der Waals surface area (Å²) in [6, 6.07) is 1.70. The molecule has 2 rings (SSSR count). The topological polar surface area (TPSA) is 62.7 Å². The Labute approximate surface area is 124 Å². The predicted molar refractivity (Wildman–Crippen MR) is 79.6 cm³/mol. The maximum Gasteiger partial charge on any atom is 0.410 e. The van der Waals surface area contributed by atoms with Gasteiger partial charge in [-0.1, -0.05) is 0 Å². The summed E-state index contributed by atoms with van der Waals surface area (Å²) in [5.41, 5.74) is 0.953. The number of nitrogens with zero attached hydrogens (tertiary/aromatic N) is 3. The summed E-state index contributed by atoms with van der Waals surface area (Å²) in [4.78, 5) is 30.9. The Morgan fingerprint density at radius 2 is 1.95 bits per heavy atom. The lowest BCUT2D eigenvalue weighted by Gasteiger charge is -2.36. The van der Waals surface area contributed by atoms with E-state index in [2.05, 4.69) is 9.88 Å². The third kappa shape index (κ3) is 3.93. The number of piperazine rings is 1. The van der Waals surface area contributed by atoms with Gasteiger partial charge in [-0.25, -0.2) is 4.79 Å². The van der Waals surface area contributed by atoms with Crippen molar-refractivity contribution in [1.29, 1.82) is 0 Å². The van der Waals surface area contributed by atoms with Crippen molar-refractivity contribution in [3.8, 4) is 0 Å². The van der Waals surface area contributed by atoms with Gasteiger partial charge in [0.25, 0.3) is 0 Å². The fourth-order valence-corrected chi connectivity index (χ4v) is 2.22. The fraction of sp³-hybridized carbons (Fsp3) is 0.533. The largest absolute Gasteiger partial charge is 0.444 e. The number of rotatable bonds is 2. The zero-order chi connectivity index (χ0) is 15.5. The molecule has 1 amide bonds. The Hall–Kier alpha value is -2.11. The molecule has 0 radical (unpaired) electrons. The number of pyridine rings is 1. The van der Waals surface area contributed by atoms with Crippen molar-refractivity contribution in [2.24, 2.45) is 0 Å². The number of carbonyl (C=O) groups excluding carboxylic acids is 2. The molecule has 1 aromatic rings. The second kappa shape index (κ2) is 6.11. The highest BCUT2D eigenvalue weighted by molar-refractivity contribution is 5.84. The lowest BCUT2D eigenvalue weighted by Crippen LogP contribution is -2.50. The van der Waals surface area contributed by atoms with Crippen LogP contribution in [0.4, 0.5) is 10.5 Å². The summed E-state index contributed by atoms with van der Waals surface area (Å²) < 4.78 is 5.36. The average molecular weight is 291 g/mol. The molecule has 1 fully saturated rings. The summed E-state index contributed by atoms with van der Waals surface area (Å²) in [6.45, 7) is 8.02. The van der Waals surface area contributed by atoms with Crippen LogP contribution in [0, 0.1) is 0 Å². The van der Waals surface area contributed by atoms with E-state index >= 15 is 0 Å². The molecule has 114 valence electrons. The summed E-state index contributed by atoms with van der Waals surface area (Å²) >= 11 is 0. The smallest absolute Gasteiger partial charge is 0.410 e. The van der Waals surface area contributed by atoms with Crippen LogP contribution in [0.5, 0.6) is 0 Å². The first-order chi connectivity index (χ1) is 9.90. The Balaban J connectivity index is 1.97. The minimum absolute atomic E-state index is 0.288. The third-order valence-electron chi connectivity index (χ3n) is 3.23. The van der Waals surface area contributed by atoms with E-state index < -0.39 is 5.60 Å². The number of aromatic nitrogens is 1. The van der Waals surface area contributed by atoms with Crippen molar-refractivity contribution in [3.63, 3.8) is 0 Å². The summed E-state index contributed by atoms with van der Waals surface area (Å²) in [5.74, 6) is 0. The summed E-state index contributed by atoms with van der Waals surface area (Å²) in [7, 11) is 0. The van der Waals surface area contributed by atoms with Gasteiger partial charge in [0.05, 0.1) is 11.9 Å². The highest BCUT2D eigenvalue weighted by Gasteiger charge is 2.26. The fourth-order valence-electron chi connectivity index (χ4n) is 2.22. The second-order valence-electron chi connectivity index (χ2n) is 6.01. The molecule has 0 unspecified atom stereocenters. The van der Waals surface area contributed by atoms with Gasteiger partial charge in [-0.3, -0.25) is 9.78 Å². The van der Waals surface area contributed by atoms with Gasteiger partial charge in [0.2, 0.25) is 0 Å². The molecule has 1 aliphatic heterocycles. The molecule has 0 bridgehead atoms. The van der Waals surface area contributed by atoms with Crippen molar-refractivity contribution < 1.29 is 14.3 Å². The monoisotopic (exact) mass is 291 g/mol. The number of hydrogen-bond acceptors (Lipinski definition) is 5. The molecule has 0 saturated carbocycles. The highest BCUT2D eigenvalue weighted by Crippen LogP contribution is 2.20. The van der Waals surface area contributed by atoms with Crippen LogP contribution in [0.25, 0.3) is 0 Å². The molecule has 0 aliphatic carbocycles. The van der Waals surface area contributed by atoms with E-state index in [0.29, 0.717) is 31.7 Å². The molecule has 0 aromatic carbocycles. The van der Waals surface area contributed by atoms with E-state index in [1.807, 2.05) is 20.8 Å². The zero-order valence-electron chi connectivity index (χ0n) is 12.7. The van der Waals surface area contributed by atoms with Gasteiger partial charge in [-0.2, -0.15) is 0 Å². The molecule has 0 spiro atoms. The molecule has 21 heavy (non-hydrogen) atoms. The van der Waals surface area contributed by atoms with E-state index in [0.717, 1.165) is 12.0 Å². The van der Waals surface area contributed by atoms with Crippen LogP contribution in [0.15, 0.2) is 18.5 Å². The summed E-state index contributed by atoms with van der Waals surface area (Å²) in [6.07, 6.45) is 3.83. The molecular weight excluding hydrogens is 270 g/mol. The number of aldehydes is 1. The molecule has 6 heteroatoms. The molecule has 2 heterocycles. The number of carbonyl (C=O) groups is 2. The Kier molecular flexibility index (Phi) is 4.45. The Bertz CT molecular complexity index is 517. The highest BCUT2D eigenvalue weighted by atomic mass is 16.6. The Morgan fingerprint density at radius 3 is 2.52 bits per heavy atom. The van der Waals surface area contributed by atoms with Gasteiger partial charge >= 0.3 is 6.09 Å². The van der Waals surface area contributed by atoms with Gasteiger partial charge in [-0.05, 0) is 26.8 Å². The van der Waals surface area contributed by atoms with Crippen molar-refractivity contribution in [2.75, 3.05) is 31.1 Å². The van der Waals surface area contributed by atoms with Crippen LogP contribution >= 0.6 is 0 Å². The number of ether oxygens (including phenoxy) is 1. The number of amides is 1. The maximum absolute atomic E-state index is 12.0. The van der Waals surface area contributed by atoms with Crippen LogP contribution in [-0.2, 0) is 4.74 Å². The maximum atomic E-state index is 12.0. The van der Waals surface area contributed by atoms with E-state index in [-0.39, 0.29) is 6.09 Å². The molecule has 1 aliphatic rings. The van der Waals surface area contributed by atoms with Crippen molar-refractivity contribution in [3.05, 3.63) is 24.0 Å². The first-order valence-electron chi connectivity index (χ1n) is 7.03. The van der Waals surface area contributed by atoms with Gasteiger partial charge in [0.15, 0.2) is 6.29 Å². The van der Waals surface area contributed by atoms with Gasteiger partial charge in [0.1, 0.15) is 5.60 Å². The molecule has 6 nitrogen and oxygen atoms in total. The molecular formula is C15H21N3O3. The SMILES string of the molecule is CC(C)(C)OC(=O)N1CCN(c2cnccc2C=O)CC1. The minimum Gasteiger partial charge on any atom is -0.444 e. The van der Waals surface area contributed by atoms with Crippen LogP contribution in [0.1, 0.15) is 31.1 Å². The van der Waals surface area contributed by atoms with Crippen molar-refractivity contribution in [2.45, 2.75) is 26.4 Å². The quantitative estimate of drug-likeness (QED) is 0.779. The lowest BCUT2D eigenvalue weighted by molar-refractivity contribution is 0.0240. The minimum atomic E-state index is -0.484. The molecule has 1 saturated heterocycles.